The van der Waals surface area contributed by atoms with Gasteiger partial charge in [0.05, 0.1) is 6.10 Å². The highest BCUT2D eigenvalue weighted by Crippen LogP contribution is 2.27. The first kappa shape index (κ1) is 13.3. The summed E-state index contributed by atoms with van der Waals surface area (Å²) in [6.45, 7) is 5.91. The molecule has 0 radical (unpaired) electrons. The number of hydrogen-bond donors (Lipinski definition) is 1. The zero-order valence-electron chi connectivity index (χ0n) is 11.5. The lowest BCUT2D eigenvalue weighted by Gasteiger charge is -2.35. The SMILES string of the molecule is CCCNC1CCC(N2CCC(OC)CC2)C1. The van der Waals surface area contributed by atoms with Crippen LogP contribution in [0, 0.1) is 0 Å². The lowest BCUT2D eigenvalue weighted by atomic mass is 10.0. The summed E-state index contributed by atoms with van der Waals surface area (Å²) in [5.74, 6) is 0. The molecule has 3 heteroatoms. The largest absolute Gasteiger partial charge is 0.381 e. The van der Waals surface area contributed by atoms with Gasteiger partial charge >= 0.3 is 0 Å². The second-order valence-corrected chi connectivity index (χ2v) is 5.59. The molecule has 0 aromatic heterocycles. The molecule has 2 aliphatic rings. The molecule has 1 aliphatic carbocycles. The van der Waals surface area contributed by atoms with Gasteiger partial charge in [0.1, 0.15) is 0 Å². The van der Waals surface area contributed by atoms with Crippen molar-refractivity contribution in [1.82, 2.24) is 10.2 Å². The molecule has 1 saturated heterocycles. The van der Waals surface area contributed by atoms with E-state index in [0.29, 0.717) is 6.10 Å². The van der Waals surface area contributed by atoms with E-state index in [9.17, 15) is 0 Å². The summed E-state index contributed by atoms with van der Waals surface area (Å²) in [5.41, 5.74) is 0. The molecule has 0 spiro atoms. The molecule has 1 heterocycles. The third kappa shape index (κ3) is 3.67. The number of ether oxygens (including phenoxy) is 1. The Morgan fingerprint density at radius 2 is 1.94 bits per heavy atom. The molecule has 1 aliphatic heterocycles. The van der Waals surface area contributed by atoms with Gasteiger partial charge in [-0.3, -0.25) is 0 Å². The first-order valence-electron chi connectivity index (χ1n) is 7.33. The number of nitrogens with one attached hydrogen (secondary N) is 1. The molecule has 100 valence electrons. The van der Waals surface area contributed by atoms with Crippen molar-refractivity contribution in [3.63, 3.8) is 0 Å². The Morgan fingerprint density at radius 3 is 2.59 bits per heavy atom. The van der Waals surface area contributed by atoms with Gasteiger partial charge in [-0.1, -0.05) is 6.92 Å². The van der Waals surface area contributed by atoms with Crippen LogP contribution in [0.4, 0.5) is 0 Å². The Bertz CT molecular complexity index is 214. The summed E-state index contributed by atoms with van der Waals surface area (Å²) < 4.78 is 5.44. The molecule has 2 rings (SSSR count). The van der Waals surface area contributed by atoms with Crippen molar-refractivity contribution >= 4 is 0 Å². The molecule has 1 saturated carbocycles. The van der Waals surface area contributed by atoms with E-state index in [1.165, 1.54) is 58.2 Å². The van der Waals surface area contributed by atoms with E-state index >= 15 is 0 Å². The van der Waals surface area contributed by atoms with Crippen molar-refractivity contribution < 1.29 is 4.74 Å². The third-order valence-corrected chi connectivity index (χ3v) is 4.41. The maximum absolute atomic E-state index is 5.44. The van der Waals surface area contributed by atoms with Gasteiger partial charge in [-0.25, -0.2) is 0 Å². The molecule has 3 nitrogen and oxygen atoms in total. The first-order valence-corrected chi connectivity index (χ1v) is 7.33. The topological polar surface area (TPSA) is 24.5 Å². The monoisotopic (exact) mass is 240 g/mol. The minimum absolute atomic E-state index is 0.515. The molecule has 2 unspecified atom stereocenters. The zero-order chi connectivity index (χ0) is 12.1. The lowest BCUT2D eigenvalue weighted by Crippen LogP contribution is -2.42. The lowest BCUT2D eigenvalue weighted by molar-refractivity contribution is 0.0278. The molecule has 0 aromatic carbocycles. The van der Waals surface area contributed by atoms with Crippen LogP contribution >= 0.6 is 0 Å². The molecular formula is C14H28N2O. The van der Waals surface area contributed by atoms with Crippen molar-refractivity contribution in [2.45, 2.75) is 63.6 Å². The average Bonchev–Trinajstić information content (AvgIpc) is 2.85. The molecule has 0 aromatic rings. The normalized spacial score (nSPS) is 32.1. The summed E-state index contributed by atoms with van der Waals surface area (Å²) in [4.78, 5) is 2.70. The minimum atomic E-state index is 0.515. The van der Waals surface area contributed by atoms with Crippen molar-refractivity contribution in [3.8, 4) is 0 Å². The average molecular weight is 240 g/mol. The van der Waals surface area contributed by atoms with E-state index in [1.54, 1.807) is 0 Å². The van der Waals surface area contributed by atoms with Gasteiger partial charge in [0.2, 0.25) is 0 Å². The van der Waals surface area contributed by atoms with Crippen LogP contribution in [0.15, 0.2) is 0 Å². The van der Waals surface area contributed by atoms with Gasteiger partial charge in [-0.15, -0.1) is 0 Å². The van der Waals surface area contributed by atoms with E-state index in [-0.39, 0.29) is 0 Å². The van der Waals surface area contributed by atoms with Crippen LogP contribution in [0.1, 0.15) is 45.4 Å². The van der Waals surface area contributed by atoms with Crippen molar-refractivity contribution in [2.75, 3.05) is 26.7 Å². The number of piperidine rings is 1. The van der Waals surface area contributed by atoms with Gasteiger partial charge in [0, 0.05) is 32.3 Å². The van der Waals surface area contributed by atoms with Crippen LogP contribution in [0.3, 0.4) is 0 Å². The van der Waals surface area contributed by atoms with Gasteiger partial charge < -0.3 is 15.0 Å². The Hall–Kier alpha value is -0.120. The second kappa shape index (κ2) is 6.72. The fourth-order valence-electron chi connectivity index (χ4n) is 3.30. The maximum atomic E-state index is 5.44. The minimum Gasteiger partial charge on any atom is -0.381 e. The number of hydrogen-bond acceptors (Lipinski definition) is 3. The summed E-state index contributed by atoms with van der Waals surface area (Å²) >= 11 is 0. The van der Waals surface area contributed by atoms with Crippen molar-refractivity contribution in [1.29, 1.82) is 0 Å². The highest BCUT2D eigenvalue weighted by atomic mass is 16.5. The summed E-state index contributed by atoms with van der Waals surface area (Å²) in [6.07, 6.45) is 8.33. The molecule has 1 N–H and O–H groups in total. The van der Waals surface area contributed by atoms with Crippen LogP contribution in [0.5, 0.6) is 0 Å². The van der Waals surface area contributed by atoms with Crippen LogP contribution in [0.2, 0.25) is 0 Å². The van der Waals surface area contributed by atoms with Gasteiger partial charge in [-0.2, -0.15) is 0 Å². The highest BCUT2D eigenvalue weighted by molar-refractivity contribution is 4.88. The number of likely N-dealkylation sites (tertiary alicyclic amines) is 1. The second-order valence-electron chi connectivity index (χ2n) is 5.59. The molecule has 17 heavy (non-hydrogen) atoms. The molecule has 0 amide bonds. The van der Waals surface area contributed by atoms with Gasteiger partial charge in [-0.05, 0) is 45.1 Å². The van der Waals surface area contributed by atoms with Crippen molar-refractivity contribution in [3.05, 3.63) is 0 Å². The summed E-state index contributed by atoms with van der Waals surface area (Å²) in [7, 11) is 1.85. The number of nitrogens with zero attached hydrogens (tertiary/aromatic N) is 1. The Morgan fingerprint density at radius 1 is 1.18 bits per heavy atom. The Kier molecular flexibility index (Phi) is 5.26. The molecular weight excluding hydrogens is 212 g/mol. The predicted octanol–water partition coefficient (Wildman–Crippen LogP) is 2.02. The van der Waals surface area contributed by atoms with E-state index in [0.717, 1.165) is 12.1 Å². The van der Waals surface area contributed by atoms with E-state index in [1.807, 2.05) is 7.11 Å². The third-order valence-electron chi connectivity index (χ3n) is 4.41. The van der Waals surface area contributed by atoms with Gasteiger partial charge in [0.25, 0.3) is 0 Å². The molecule has 2 atom stereocenters. The fourth-order valence-corrected chi connectivity index (χ4v) is 3.30. The summed E-state index contributed by atoms with van der Waals surface area (Å²) in [6, 6.07) is 1.61. The van der Waals surface area contributed by atoms with Crippen LogP contribution < -0.4 is 5.32 Å². The van der Waals surface area contributed by atoms with Crippen molar-refractivity contribution in [2.24, 2.45) is 0 Å². The van der Waals surface area contributed by atoms with E-state index in [4.69, 9.17) is 4.74 Å². The summed E-state index contributed by atoms with van der Waals surface area (Å²) in [5, 5.41) is 3.67. The van der Waals surface area contributed by atoms with E-state index in [2.05, 4.69) is 17.1 Å². The smallest absolute Gasteiger partial charge is 0.0595 e. The van der Waals surface area contributed by atoms with Crippen LogP contribution in [-0.4, -0.2) is 49.8 Å². The Labute approximate surface area is 106 Å². The highest BCUT2D eigenvalue weighted by Gasteiger charge is 2.31. The number of rotatable bonds is 5. The quantitative estimate of drug-likeness (QED) is 0.795. The van der Waals surface area contributed by atoms with E-state index < -0.39 is 0 Å². The molecule has 2 fully saturated rings. The zero-order valence-corrected chi connectivity index (χ0v) is 11.5. The fraction of sp³-hybridized carbons (Fsp3) is 1.00. The predicted molar refractivity (Wildman–Crippen MR) is 71.3 cm³/mol. The number of methoxy groups -OCH3 is 1. The maximum Gasteiger partial charge on any atom is 0.0595 e. The van der Waals surface area contributed by atoms with Crippen LogP contribution in [-0.2, 0) is 4.74 Å². The first-order chi connectivity index (χ1) is 8.33. The van der Waals surface area contributed by atoms with Crippen LogP contribution in [0.25, 0.3) is 0 Å². The standard InChI is InChI=1S/C14H28N2O/c1-3-8-15-12-4-5-13(11-12)16-9-6-14(17-2)7-10-16/h12-15H,3-11H2,1-2H3. The Balaban J connectivity index is 1.70. The van der Waals surface area contributed by atoms with Gasteiger partial charge in [0.15, 0.2) is 0 Å². The molecule has 0 bridgehead atoms.